The van der Waals surface area contributed by atoms with Crippen molar-refractivity contribution in [2.24, 2.45) is 0 Å². The van der Waals surface area contributed by atoms with Crippen molar-refractivity contribution in [1.82, 2.24) is 9.80 Å². The van der Waals surface area contributed by atoms with E-state index in [9.17, 15) is 9.59 Å². The molecule has 106 valence electrons. The van der Waals surface area contributed by atoms with Gasteiger partial charge in [0.05, 0.1) is 4.88 Å². The van der Waals surface area contributed by atoms with Crippen LogP contribution in [-0.4, -0.2) is 60.5 Å². The van der Waals surface area contributed by atoms with Gasteiger partial charge in [-0.25, -0.2) is 4.79 Å². The van der Waals surface area contributed by atoms with Gasteiger partial charge in [-0.2, -0.15) is 0 Å². The molecule has 0 atom stereocenters. The fourth-order valence-electron chi connectivity index (χ4n) is 1.63. The van der Waals surface area contributed by atoms with Crippen molar-refractivity contribution >= 4 is 23.2 Å². The second kappa shape index (κ2) is 7.25. The van der Waals surface area contributed by atoms with E-state index in [4.69, 9.17) is 5.11 Å². The van der Waals surface area contributed by atoms with Gasteiger partial charge >= 0.3 is 5.97 Å². The van der Waals surface area contributed by atoms with Gasteiger partial charge in [0, 0.05) is 19.6 Å². The number of hydrogen-bond acceptors (Lipinski definition) is 4. The van der Waals surface area contributed by atoms with E-state index >= 15 is 0 Å². The molecule has 1 aromatic rings. The summed E-state index contributed by atoms with van der Waals surface area (Å²) in [7, 11) is 3.92. The van der Waals surface area contributed by atoms with E-state index < -0.39 is 5.97 Å². The molecule has 0 spiro atoms. The number of aromatic carboxylic acids is 1. The number of carbonyl (C=O) groups excluding carboxylic acids is 1. The molecule has 1 aromatic heterocycles. The molecule has 0 aliphatic carbocycles. The van der Waals surface area contributed by atoms with Crippen molar-refractivity contribution in [2.45, 2.75) is 13.3 Å². The third-order valence-electron chi connectivity index (χ3n) is 2.63. The summed E-state index contributed by atoms with van der Waals surface area (Å²) in [5.41, 5.74) is 0. The first-order chi connectivity index (χ1) is 8.95. The fraction of sp³-hybridized carbons (Fsp3) is 0.538. The van der Waals surface area contributed by atoms with Crippen LogP contribution in [0.5, 0.6) is 0 Å². The molecule has 1 heterocycles. The maximum atomic E-state index is 12.3. The van der Waals surface area contributed by atoms with Crippen LogP contribution in [0.15, 0.2) is 12.1 Å². The van der Waals surface area contributed by atoms with Gasteiger partial charge < -0.3 is 14.9 Å². The van der Waals surface area contributed by atoms with E-state index in [0.29, 0.717) is 18.0 Å². The summed E-state index contributed by atoms with van der Waals surface area (Å²) in [5, 5.41) is 8.88. The van der Waals surface area contributed by atoms with Crippen LogP contribution in [-0.2, 0) is 0 Å². The van der Waals surface area contributed by atoms with Gasteiger partial charge in [-0.3, -0.25) is 4.79 Å². The summed E-state index contributed by atoms with van der Waals surface area (Å²) < 4.78 is 0. The number of likely N-dealkylation sites (N-methyl/N-ethyl adjacent to an activating group) is 1. The van der Waals surface area contributed by atoms with E-state index in [-0.39, 0.29) is 10.8 Å². The molecule has 19 heavy (non-hydrogen) atoms. The average molecular weight is 284 g/mol. The van der Waals surface area contributed by atoms with Gasteiger partial charge in [-0.05, 0) is 32.6 Å². The standard InChI is InChI=1S/C13H20N2O3S/c1-4-7-15(9-8-14(2)3)12(16)10-5-6-11(19-10)13(17)18/h5-6H,4,7-9H2,1-3H3,(H,17,18). The lowest BCUT2D eigenvalue weighted by Gasteiger charge is -2.23. The molecule has 6 heteroatoms. The molecule has 0 aliphatic heterocycles. The zero-order valence-corrected chi connectivity index (χ0v) is 12.4. The summed E-state index contributed by atoms with van der Waals surface area (Å²) in [6, 6.07) is 3.07. The van der Waals surface area contributed by atoms with E-state index in [1.165, 1.54) is 6.07 Å². The van der Waals surface area contributed by atoms with E-state index in [2.05, 4.69) is 0 Å². The first kappa shape index (κ1) is 15.7. The predicted octanol–water partition coefficient (Wildman–Crippen LogP) is 1.86. The second-order valence-electron chi connectivity index (χ2n) is 4.56. The molecule has 0 aromatic carbocycles. The Kier molecular flexibility index (Phi) is 5.98. The van der Waals surface area contributed by atoms with Crippen LogP contribution in [0.2, 0.25) is 0 Å². The number of hydrogen-bond donors (Lipinski definition) is 1. The van der Waals surface area contributed by atoms with Gasteiger partial charge in [0.15, 0.2) is 0 Å². The number of carboxylic acids is 1. The summed E-state index contributed by atoms with van der Waals surface area (Å²) in [6.07, 6.45) is 0.885. The molecule has 0 radical (unpaired) electrons. The van der Waals surface area contributed by atoms with Gasteiger partial charge in [0.25, 0.3) is 5.91 Å². The Labute approximate surface area is 117 Å². The van der Waals surface area contributed by atoms with Crippen molar-refractivity contribution in [3.63, 3.8) is 0 Å². The maximum absolute atomic E-state index is 12.3. The molecule has 0 saturated heterocycles. The number of amides is 1. The maximum Gasteiger partial charge on any atom is 0.345 e. The fourth-order valence-corrected chi connectivity index (χ4v) is 2.44. The second-order valence-corrected chi connectivity index (χ2v) is 5.65. The summed E-state index contributed by atoms with van der Waals surface area (Å²) in [5.74, 6) is -1.07. The minimum atomic E-state index is -0.987. The molecular formula is C13H20N2O3S. The summed E-state index contributed by atoms with van der Waals surface area (Å²) in [6.45, 7) is 4.16. The van der Waals surface area contributed by atoms with Crippen LogP contribution in [0.1, 0.15) is 32.7 Å². The van der Waals surface area contributed by atoms with Gasteiger partial charge in [0.2, 0.25) is 0 Å². The first-order valence-electron chi connectivity index (χ1n) is 6.22. The van der Waals surface area contributed by atoms with Crippen LogP contribution in [0.4, 0.5) is 0 Å². The summed E-state index contributed by atoms with van der Waals surface area (Å²) in [4.78, 5) is 27.6. The Balaban J connectivity index is 2.76. The van der Waals surface area contributed by atoms with Crippen LogP contribution in [0, 0.1) is 0 Å². The largest absolute Gasteiger partial charge is 0.477 e. The third-order valence-corrected chi connectivity index (χ3v) is 3.69. The molecule has 0 saturated carbocycles. The predicted molar refractivity (Wildman–Crippen MR) is 76.0 cm³/mol. The lowest BCUT2D eigenvalue weighted by molar-refractivity contribution is 0.0701. The molecule has 5 nitrogen and oxygen atoms in total. The highest BCUT2D eigenvalue weighted by Crippen LogP contribution is 2.18. The van der Waals surface area contributed by atoms with Crippen LogP contribution in [0.25, 0.3) is 0 Å². The molecule has 0 aliphatic rings. The Morgan fingerprint density at radius 3 is 2.26 bits per heavy atom. The first-order valence-corrected chi connectivity index (χ1v) is 7.04. The Hall–Kier alpha value is -1.40. The van der Waals surface area contributed by atoms with Crippen molar-refractivity contribution in [3.8, 4) is 0 Å². The van der Waals surface area contributed by atoms with E-state index in [1.54, 1.807) is 11.0 Å². The zero-order chi connectivity index (χ0) is 14.4. The van der Waals surface area contributed by atoms with Crippen molar-refractivity contribution in [3.05, 3.63) is 21.9 Å². The highest BCUT2D eigenvalue weighted by molar-refractivity contribution is 7.15. The Bertz CT molecular complexity index is 443. The topological polar surface area (TPSA) is 60.9 Å². The average Bonchev–Trinajstić information content (AvgIpc) is 2.83. The molecular weight excluding hydrogens is 264 g/mol. The number of thiophene rings is 1. The van der Waals surface area contributed by atoms with Crippen LogP contribution < -0.4 is 0 Å². The monoisotopic (exact) mass is 284 g/mol. The van der Waals surface area contributed by atoms with Crippen molar-refractivity contribution < 1.29 is 14.7 Å². The highest BCUT2D eigenvalue weighted by atomic mass is 32.1. The van der Waals surface area contributed by atoms with E-state index in [1.807, 2.05) is 25.9 Å². The Morgan fingerprint density at radius 1 is 1.16 bits per heavy atom. The highest BCUT2D eigenvalue weighted by Gasteiger charge is 2.18. The lowest BCUT2D eigenvalue weighted by Crippen LogP contribution is -2.36. The number of carboxylic acid groups (broad SMARTS) is 1. The molecule has 0 bridgehead atoms. The summed E-state index contributed by atoms with van der Waals surface area (Å²) >= 11 is 1.03. The normalized spacial score (nSPS) is 10.7. The smallest absolute Gasteiger partial charge is 0.345 e. The third kappa shape index (κ3) is 4.65. The minimum Gasteiger partial charge on any atom is -0.477 e. The number of carbonyl (C=O) groups is 2. The SMILES string of the molecule is CCCN(CCN(C)C)C(=O)c1ccc(C(=O)O)s1. The quantitative estimate of drug-likeness (QED) is 0.830. The molecule has 0 fully saturated rings. The van der Waals surface area contributed by atoms with Crippen LogP contribution in [0.3, 0.4) is 0 Å². The van der Waals surface area contributed by atoms with Gasteiger partial charge in [-0.1, -0.05) is 6.92 Å². The van der Waals surface area contributed by atoms with Gasteiger partial charge in [0.1, 0.15) is 4.88 Å². The van der Waals surface area contributed by atoms with Gasteiger partial charge in [-0.15, -0.1) is 11.3 Å². The molecule has 0 unspecified atom stereocenters. The molecule has 1 rings (SSSR count). The lowest BCUT2D eigenvalue weighted by atomic mass is 10.3. The zero-order valence-electron chi connectivity index (χ0n) is 11.5. The van der Waals surface area contributed by atoms with Crippen molar-refractivity contribution in [2.75, 3.05) is 33.7 Å². The van der Waals surface area contributed by atoms with Crippen molar-refractivity contribution in [1.29, 1.82) is 0 Å². The number of rotatable bonds is 7. The van der Waals surface area contributed by atoms with Crippen LogP contribution >= 0.6 is 11.3 Å². The molecule has 1 amide bonds. The number of nitrogens with zero attached hydrogens (tertiary/aromatic N) is 2. The molecule has 1 N–H and O–H groups in total. The minimum absolute atomic E-state index is 0.0822. The Morgan fingerprint density at radius 2 is 1.79 bits per heavy atom. The van der Waals surface area contributed by atoms with E-state index in [0.717, 1.165) is 24.3 Å².